The Morgan fingerprint density at radius 1 is 1.35 bits per heavy atom. The quantitative estimate of drug-likeness (QED) is 0.824. The largest absolute Gasteiger partial charge is 0.377 e. The number of aryl methyl sites for hydroxylation is 1. The summed E-state index contributed by atoms with van der Waals surface area (Å²) >= 11 is 1.94. The number of hydrogen-bond acceptors (Lipinski definition) is 3. The van der Waals surface area contributed by atoms with E-state index >= 15 is 0 Å². The van der Waals surface area contributed by atoms with Crippen molar-refractivity contribution in [3.05, 3.63) is 29.3 Å². The van der Waals surface area contributed by atoms with Crippen LogP contribution in [0.2, 0.25) is 0 Å². The fourth-order valence-corrected chi connectivity index (χ4v) is 3.42. The number of hydrogen-bond donors (Lipinski definition) is 1. The molecule has 1 fully saturated rings. The number of rotatable bonds is 5. The molecule has 1 atom stereocenters. The number of thioether (sulfide) groups is 1. The maximum Gasteiger partial charge on any atom is 0.0669 e. The van der Waals surface area contributed by atoms with Gasteiger partial charge in [-0.2, -0.15) is 0 Å². The summed E-state index contributed by atoms with van der Waals surface area (Å²) in [5.41, 5.74) is 2.89. The van der Waals surface area contributed by atoms with Gasteiger partial charge >= 0.3 is 0 Å². The minimum absolute atomic E-state index is 0.153. The Bertz CT molecular complexity index is 433. The monoisotopic (exact) mass is 293 g/mol. The van der Waals surface area contributed by atoms with Crippen molar-refractivity contribution in [3.8, 4) is 0 Å². The van der Waals surface area contributed by atoms with E-state index in [0.717, 1.165) is 18.9 Å². The van der Waals surface area contributed by atoms with Crippen LogP contribution in [0, 0.1) is 6.92 Å². The van der Waals surface area contributed by atoms with Crippen LogP contribution in [0.3, 0.4) is 0 Å². The van der Waals surface area contributed by atoms with Crippen LogP contribution in [0.5, 0.6) is 0 Å². The van der Waals surface area contributed by atoms with Crippen molar-refractivity contribution in [1.82, 2.24) is 5.32 Å². The Balaban J connectivity index is 1.99. The predicted octanol–water partition coefficient (Wildman–Crippen LogP) is 4.15. The Hall–Kier alpha value is -0.510. The van der Waals surface area contributed by atoms with E-state index in [4.69, 9.17) is 4.74 Å². The second-order valence-electron chi connectivity index (χ2n) is 6.66. The van der Waals surface area contributed by atoms with Crippen LogP contribution in [0.1, 0.15) is 44.7 Å². The molecule has 1 unspecified atom stereocenters. The van der Waals surface area contributed by atoms with Crippen molar-refractivity contribution in [2.75, 3.05) is 12.4 Å². The van der Waals surface area contributed by atoms with Gasteiger partial charge in [0.15, 0.2) is 0 Å². The summed E-state index contributed by atoms with van der Waals surface area (Å²) in [6.07, 6.45) is 2.89. The first-order valence-corrected chi connectivity index (χ1v) is 8.51. The van der Waals surface area contributed by atoms with Crippen LogP contribution >= 0.6 is 11.8 Å². The normalized spacial score (nSPS) is 19.5. The smallest absolute Gasteiger partial charge is 0.0669 e. The molecular formula is C17H27NOS. The van der Waals surface area contributed by atoms with E-state index in [0.29, 0.717) is 6.10 Å². The van der Waals surface area contributed by atoms with E-state index in [1.807, 2.05) is 11.8 Å². The molecule has 3 heteroatoms. The average Bonchev–Trinajstić information content (AvgIpc) is 2.87. The van der Waals surface area contributed by atoms with Crippen molar-refractivity contribution in [2.24, 2.45) is 0 Å². The Labute approximate surface area is 127 Å². The number of ether oxygens (including phenoxy) is 1. The molecule has 0 saturated carbocycles. The molecule has 0 aromatic heterocycles. The van der Waals surface area contributed by atoms with Crippen molar-refractivity contribution in [2.45, 2.75) is 63.6 Å². The Kier molecular flexibility index (Phi) is 5.53. The molecule has 0 bridgehead atoms. The van der Waals surface area contributed by atoms with Gasteiger partial charge in [-0.25, -0.2) is 0 Å². The molecule has 1 saturated heterocycles. The molecule has 2 nitrogen and oxygen atoms in total. The topological polar surface area (TPSA) is 21.3 Å². The number of nitrogens with one attached hydrogen (secondary N) is 1. The zero-order chi connectivity index (χ0) is 14.6. The summed E-state index contributed by atoms with van der Waals surface area (Å²) in [6.45, 7) is 10.7. The van der Waals surface area contributed by atoms with Crippen LogP contribution in [0.15, 0.2) is 23.1 Å². The summed E-state index contributed by atoms with van der Waals surface area (Å²) in [5.74, 6) is 1.07. The minimum Gasteiger partial charge on any atom is -0.377 e. The minimum atomic E-state index is 0.153. The molecule has 112 valence electrons. The van der Waals surface area contributed by atoms with Gasteiger partial charge < -0.3 is 10.1 Å². The molecule has 0 radical (unpaired) electrons. The third-order valence-corrected chi connectivity index (χ3v) is 4.72. The zero-order valence-corrected chi connectivity index (χ0v) is 14.0. The Morgan fingerprint density at radius 3 is 2.80 bits per heavy atom. The van der Waals surface area contributed by atoms with Gasteiger partial charge in [0.25, 0.3) is 0 Å². The van der Waals surface area contributed by atoms with Crippen LogP contribution in [-0.4, -0.2) is 24.0 Å². The van der Waals surface area contributed by atoms with Crippen molar-refractivity contribution in [1.29, 1.82) is 0 Å². The standard InChI is InChI=1S/C17H27NOS/c1-13-7-8-16(20-12-15-6-5-9-19-15)14(10-13)11-18-17(2,3)4/h7-8,10,15,18H,5-6,9,11-12H2,1-4H3. The maximum absolute atomic E-state index is 5.72. The van der Waals surface area contributed by atoms with Crippen LogP contribution < -0.4 is 5.32 Å². The van der Waals surface area contributed by atoms with Gasteiger partial charge in [0, 0.05) is 29.3 Å². The highest BCUT2D eigenvalue weighted by atomic mass is 32.2. The maximum atomic E-state index is 5.72. The van der Waals surface area contributed by atoms with E-state index in [1.165, 1.54) is 28.9 Å². The molecular weight excluding hydrogens is 266 g/mol. The highest BCUT2D eigenvalue weighted by Crippen LogP contribution is 2.27. The lowest BCUT2D eigenvalue weighted by atomic mass is 10.1. The fraction of sp³-hybridized carbons (Fsp3) is 0.647. The molecule has 0 amide bonds. The molecule has 20 heavy (non-hydrogen) atoms. The van der Waals surface area contributed by atoms with Crippen LogP contribution in [0.25, 0.3) is 0 Å². The molecule has 0 spiro atoms. The van der Waals surface area contributed by atoms with Crippen molar-refractivity contribution < 1.29 is 4.74 Å². The summed E-state index contributed by atoms with van der Waals surface area (Å²) in [7, 11) is 0. The lowest BCUT2D eigenvalue weighted by Gasteiger charge is -2.22. The lowest BCUT2D eigenvalue weighted by Crippen LogP contribution is -2.35. The lowest BCUT2D eigenvalue weighted by molar-refractivity contribution is 0.129. The molecule has 1 aromatic rings. The SMILES string of the molecule is Cc1ccc(SCC2CCCO2)c(CNC(C)(C)C)c1. The second-order valence-corrected chi connectivity index (χ2v) is 7.72. The average molecular weight is 293 g/mol. The second kappa shape index (κ2) is 6.97. The Morgan fingerprint density at radius 2 is 2.15 bits per heavy atom. The van der Waals surface area contributed by atoms with E-state index in [1.54, 1.807) is 0 Å². The van der Waals surface area contributed by atoms with Gasteiger partial charge in [-0.05, 0) is 52.2 Å². The van der Waals surface area contributed by atoms with Gasteiger partial charge in [-0.1, -0.05) is 17.7 Å². The summed E-state index contributed by atoms with van der Waals surface area (Å²) < 4.78 is 5.72. The highest BCUT2D eigenvalue weighted by molar-refractivity contribution is 7.99. The fourth-order valence-electron chi connectivity index (χ4n) is 2.31. The van der Waals surface area contributed by atoms with Crippen molar-refractivity contribution >= 4 is 11.8 Å². The first-order chi connectivity index (χ1) is 9.44. The summed E-state index contributed by atoms with van der Waals surface area (Å²) in [5, 5.41) is 3.59. The highest BCUT2D eigenvalue weighted by Gasteiger charge is 2.17. The van der Waals surface area contributed by atoms with Crippen molar-refractivity contribution in [3.63, 3.8) is 0 Å². The third-order valence-electron chi connectivity index (χ3n) is 3.47. The van der Waals surface area contributed by atoms with Gasteiger partial charge in [0.1, 0.15) is 0 Å². The summed E-state index contributed by atoms with van der Waals surface area (Å²) in [4.78, 5) is 1.39. The molecule has 2 rings (SSSR count). The molecule has 1 heterocycles. The van der Waals surface area contributed by atoms with Crippen LogP contribution in [-0.2, 0) is 11.3 Å². The van der Waals surface area contributed by atoms with E-state index in [9.17, 15) is 0 Å². The first kappa shape index (κ1) is 15.9. The van der Waals surface area contributed by atoms with E-state index in [-0.39, 0.29) is 5.54 Å². The number of benzene rings is 1. The molecule has 1 N–H and O–H groups in total. The van der Waals surface area contributed by atoms with Gasteiger partial charge in [-0.3, -0.25) is 0 Å². The van der Waals surface area contributed by atoms with Gasteiger partial charge in [0.05, 0.1) is 6.10 Å². The molecule has 1 aliphatic rings. The van der Waals surface area contributed by atoms with E-state index < -0.39 is 0 Å². The molecule has 1 aromatic carbocycles. The first-order valence-electron chi connectivity index (χ1n) is 7.53. The molecule has 0 aliphatic carbocycles. The third kappa shape index (κ3) is 5.12. The predicted molar refractivity (Wildman–Crippen MR) is 87.5 cm³/mol. The van der Waals surface area contributed by atoms with Gasteiger partial charge in [0.2, 0.25) is 0 Å². The van der Waals surface area contributed by atoms with Crippen LogP contribution in [0.4, 0.5) is 0 Å². The van der Waals surface area contributed by atoms with E-state index in [2.05, 4.69) is 51.2 Å². The molecule has 1 aliphatic heterocycles. The van der Waals surface area contributed by atoms with Gasteiger partial charge in [-0.15, -0.1) is 11.8 Å². The summed E-state index contributed by atoms with van der Waals surface area (Å²) in [6, 6.07) is 6.77. The zero-order valence-electron chi connectivity index (χ0n) is 13.2.